The van der Waals surface area contributed by atoms with Crippen LogP contribution in [0.4, 0.5) is 38.9 Å². The Morgan fingerprint density at radius 1 is 0.973 bits per heavy atom. The normalized spacial score (nSPS) is 13.1. The number of aromatic nitrogens is 3. The number of alkyl halides is 3. The molecule has 190 valence electrons. The molecule has 1 aliphatic heterocycles. The topological polar surface area (TPSA) is 92.3 Å². The number of halogens is 4. The van der Waals surface area contributed by atoms with Crippen molar-refractivity contribution >= 4 is 33.9 Å². The first-order valence-corrected chi connectivity index (χ1v) is 11.8. The highest BCUT2D eigenvalue weighted by Crippen LogP contribution is 2.34. The largest absolute Gasteiger partial charge is 0.424 e. The maximum Gasteiger partial charge on any atom is 0.416 e. The number of anilines is 3. The Morgan fingerprint density at radius 2 is 1.70 bits per heavy atom. The second-order valence-electron chi connectivity index (χ2n) is 8.00. The minimum Gasteiger partial charge on any atom is -0.424 e. The number of nitrogens with one attached hydrogen (secondary N) is 2. The molecule has 2 aromatic carbocycles. The fourth-order valence-electron chi connectivity index (χ4n) is 3.36. The molecule has 8 nitrogen and oxygen atoms in total. The monoisotopic (exact) mass is 530 g/mol. The van der Waals surface area contributed by atoms with Crippen LogP contribution in [0.1, 0.15) is 12.0 Å². The first-order valence-electron chi connectivity index (χ1n) is 11.0. The second kappa shape index (κ2) is 10.0. The van der Waals surface area contributed by atoms with Gasteiger partial charge in [-0.2, -0.15) is 13.2 Å². The molecule has 4 aromatic rings. The van der Waals surface area contributed by atoms with Gasteiger partial charge in [-0.1, -0.05) is 11.3 Å². The van der Waals surface area contributed by atoms with Gasteiger partial charge in [0.2, 0.25) is 0 Å². The van der Waals surface area contributed by atoms with E-state index in [0.717, 1.165) is 28.7 Å². The fourth-order valence-corrected chi connectivity index (χ4v) is 4.33. The molecule has 2 amide bonds. The number of urea groups is 1. The van der Waals surface area contributed by atoms with E-state index in [1.54, 1.807) is 23.5 Å². The molecule has 0 bridgehead atoms. The molecule has 0 radical (unpaired) electrons. The molecule has 2 aromatic heterocycles. The molecular weight excluding hydrogens is 512 g/mol. The average molecular weight is 531 g/mol. The molecule has 37 heavy (non-hydrogen) atoms. The summed E-state index contributed by atoms with van der Waals surface area (Å²) in [7, 11) is 0. The van der Waals surface area contributed by atoms with Crippen molar-refractivity contribution in [2.75, 3.05) is 28.6 Å². The van der Waals surface area contributed by atoms with E-state index in [2.05, 4.69) is 25.2 Å². The van der Waals surface area contributed by atoms with Crippen molar-refractivity contribution in [3.05, 3.63) is 72.4 Å². The van der Waals surface area contributed by atoms with E-state index >= 15 is 0 Å². The highest BCUT2D eigenvalue weighted by atomic mass is 32.1. The molecule has 0 unspecified atom stereocenters. The lowest BCUT2D eigenvalue weighted by atomic mass is 10.2. The summed E-state index contributed by atoms with van der Waals surface area (Å²) < 4.78 is 58.0. The number of ether oxygens (including phenoxy) is 1. The minimum absolute atomic E-state index is 0.0143. The zero-order valence-electron chi connectivity index (χ0n) is 18.9. The predicted octanol–water partition coefficient (Wildman–Crippen LogP) is 6.40. The smallest absolute Gasteiger partial charge is 0.416 e. The third-order valence-electron chi connectivity index (χ3n) is 5.40. The Kier molecular flexibility index (Phi) is 6.61. The number of amides is 2. The summed E-state index contributed by atoms with van der Waals surface area (Å²) in [6.07, 6.45) is 0.845. The Balaban J connectivity index is 1.17. The first-order chi connectivity index (χ1) is 17.7. The summed E-state index contributed by atoms with van der Waals surface area (Å²) in [5.74, 6) is -0.518. The van der Waals surface area contributed by atoms with E-state index in [9.17, 15) is 22.4 Å². The van der Waals surface area contributed by atoms with Gasteiger partial charge in [-0.25, -0.2) is 24.1 Å². The number of benzene rings is 2. The van der Waals surface area contributed by atoms with Gasteiger partial charge in [-0.3, -0.25) is 0 Å². The summed E-state index contributed by atoms with van der Waals surface area (Å²) in [5, 5.41) is 5.38. The average Bonchev–Trinajstić information content (AvgIpc) is 3.30. The van der Waals surface area contributed by atoms with Crippen molar-refractivity contribution in [2.24, 2.45) is 0 Å². The zero-order chi connectivity index (χ0) is 26.0. The van der Waals surface area contributed by atoms with Crippen LogP contribution < -0.4 is 20.3 Å². The lowest BCUT2D eigenvalue weighted by Crippen LogP contribution is -2.36. The van der Waals surface area contributed by atoms with Crippen molar-refractivity contribution in [3.63, 3.8) is 0 Å². The number of nitrogens with zero attached hydrogens (tertiary/aromatic N) is 4. The second-order valence-corrected chi connectivity index (χ2v) is 9.01. The molecule has 13 heteroatoms. The van der Waals surface area contributed by atoms with Gasteiger partial charge >= 0.3 is 18.2 Å². The highest BCUT2D eigenvalue weighted by molar-refractivity contribution is 7.18. The van der Waals surface area contributed by atoms with Crippen LogP contribution in [0, 0.1) is 5.82 Å². The van der Waals surface area contributed by atoms with Crippen molar-refractivity contribution in [1.29, 1.82) is 0 Å². The van der Waals surface area contributed by atoms with Crippen LogP contribution in [0.15, 0.2) is 61.1 Å². The van der Waals surface area contributed by atoms with E-state index in [1.165, 1.54) is 18.8 Å². The molecule has 5 rings (SSSR count). The van der Waals surface area contributed by atoms with Crippen molar-refractivity contribution in [2.45, 2.75) is 12.6 Å². The fraction of sp³-hybridized carbons (Fsp3) is 0.167. The van der Waals surface area contributed by atoms with Gasteiger partial charge in [0.05, 0.1) is 34.2 Å². The SMILES string of the molecule is O=C(Nc1cnc(Oc2ccc(-c3cnc(N4CCC4)s3)cc2)nc1)Nc1cc(C(F)(F)F)ccc1F. The number of carbonyl (C=O) groups is 1. The summed E-state index contributed by atoms with van der Waals surface area (Å²) in [6, 6.07) is 8.10. The Bertz CT molecular complexity index is 1410. The molecule has 1 aliphatic rings. The van der Waals surface area contributed by atoms with E-state index < -0.39 is 29.3 Å². The van der Waals surface area contributed by atoms with Crippen LogP contribution in [0.3, 0.4) is 0 Å². The number of rotatable bonds is 6. The van der Waals surface area contributed by atoms with Crippen LogP contribution >= 0.6 is 11.3 Å². The molecular formula is C24H18F4N6O2S. The Morgan fingerprint density at radius 3 is 2.35 bits per heavy atom. The van der Waals surface area contributed by atoms with Gasteiger partial charge in [0.1, 0.15) is 11.6 Å². The molecule has 0 atom stereocenters. The van der Waals surface area contributed by atoms with E-state index in [-0.39, 0.29) is 11.7 Å². The van der Waals surface area contributed by atoms with E-state index in [0.29, 0.717) is 23.9 Å². The van der Waals surface area contributed by atoms with Crippen molar-refractivity contribution in [3.8, 4) is 22.2 Å². The molecule has 3 heterocycles. The summed E-state index contributed by atoms with van der Waals surface area (Å²) in [6.45, 7) is 2.07. The number of hydrogen-bond donors (Lipinski definition) is 2. The number of hydrogen-bond acceptors (Lipinski definition) is 7. The number of thiazole rings is 1. The molecule has 0 saturated carbocycles. The van der Waals surface area contributed by atoms with Crippen molar-refractivity contribution < 1.29 is 27.1 Å². The number of carbonyl (C=O) groups excluding carboxylic acids is 1. The van der Waals surface area contributed by atoms with Gasteiger partial charge in [0, 0.05) is 19.3 Å². The zero-order valence-corrected chi connectivity index (χ0v) is 19.7. The maximum absolute atomic E-state index is 13.8. The van der Waals surface area contributed by atoms with Gasteiger partial charge in [-0.05, 0) is 54.4 Å². The lowest BCUT2D eigenvalue weighted by molar-refractivity contribution is -0.137. The van der Waals surface area contributed by atoms with Crippen LogP contribution in [-0.4, -0.2) is 34.1 Å². The third-order valence-corrected chi connectivity index (χ3v) is 6.50. The highest BCUT2D eigenvalue weighted by Gasteiger charge is 2.31. The van der Waals surface area contributed by atoms with Crippen LogP contribution in [0.2, 0.25) is 0 Å². The standard InChI is InChI=1S/C24H18F4N6O2S/c25-18-7-4-15(24(26,27)28)10-19(18)33-21(35)32-16-11-29-22(30-12-16)36-17-5-2-14(3-6-17)20-13-31-23(37-20)34-8-1-9-34/h2-7,10-13H,1,8-9H2,(H2,32,33,35). The predicted molar refractivity (Wildman–Crippen MR) is 131 cm³/mol. The van der Waals surface area contributed by atoms with Crippen LogP contribution in [-0.2, 0) is 6.18 Å². The van der Waals surface area contributed by atoms with Crippen LogP contribution in [0.5, 0.6) is 11.8 Å². The summed E-state index contributed by atoms with van der Waals surface area (Å²) >= 11 is 1.63. The molecule has 2 N–H and O–H groups in total. The molecule has 0 aliphatic carbocycles. The molecule has 1 fully saturated rings. The van der Waals surface area contributed by atoms with Crippen LogP contribution in [0.25, 0.3) is 10.4 Å². The van der Waals surface area contributed by atoms with E-state index in [1.807, 2.05) is 23.6 Å². The quantitative estimate of drug-likeness (QED) is 0.280. The first kappa shape index (κ1) is 24.4. The van der Waals surface area contributed by atoms with Gasteiger partial charge in [-0.15, -0.1) is 0 Å². The molecule has 0 spiro atoms. The van der Waals surface area contributed by atoms with Gasteiger partial charge in [0.25, 0.3) is 0 Å². The van der Waals surface area contributed by atoms with Gasteiger partial charge < -0.3 is 20.3 Å². The summed E-state index contributed by atoms with van der Waals surface area (Å²) in [4.78, 5) is 27.9. The minimum atomic E-state index is -4.68. The Labute approximate surface area is 212 Å². The van der Waals surface area contributed by atoms with E-state index in [4.69, 9.17) is 4.74 Å². The summed E-state index contributed by atoms with van der Waals surface area (Å²) in [5.41, 5.74) is -0.589. The lowest BCUT2D eigenvalue weighted by Gasteiger charge is -2.30. The Hall–Kier alpha value is -4.26. The maximum atomic E-state index is 13.8. The van der Waals surface area contributed by atoms with Gasteiger partial charge in [0.15, 0.2) is 5.13 Å². The van der Waals surface area contributed by atoms with Crippen molar-refractivity contribution in [1.82, 2.24) is 15.0 Å². The third kappa shape index (κ3) is 5.77. The molecule has 1 saturated heterocycles.